The van der Waals surface area contributed by atoms with Gasteiger partial charge in [-0.15, -0.1) is 0 Å². The lowest BCUT2D eigenvalue weighted by Crippen LogP contribution is -2.51. The Hall–Kier alpha value is -2.48. The first kappa shape index (κ1) is 16.4. The van der Waals surface area contributed by atoms with Gasteiger partial charge in [0.2, 0.25) is 5.88 Å². The SMILES string of the molecule is COc1ccc2ncc(F)c(CCN3CC(CNC(=O)O)C3)c2n1. The van der Waals surface area contributed by atoms with E-state index in [4.69, 9.17) is 9.84 Å². The summed E-state index contributed by atoms with van der Waals surface area (Å²) < 4.78 is 19.3. The second-order valence-electron chi connectivity index (χ2n) is 5.87. The highest BCUT2D eigenvalue weighted by atomic mass is 19.1. The van der Waals surface area contributed by atoms with Gasteiger partial charge in [-0.1, -0.05) is 0 Å². The molecule has 3 heterocycles. The second-order valence-corrected chi connectivity index (χ2v) is 5.87. The van der Waals surface area contributed by atoms with E-state index in [1.807, 2.05) is 0 Å². The summed E-state index contributed by atoms with van der Waals surface area (Å²) in [6.45, 7) is 2.76. The average molecular weight is 334 g/mol. The van der Waals surface area contributed by atoms with E-state index in [0.29, 0.717) is 47.9 Å². The maximum Gasteiger partial charge on any atom is 0.404 e. The molecule has 0 aliphatic carbocycles. The largest absolute Gasteiger partial charge is 0.481 e. The number of aromatic nitrogens is 2. The van der Waals surface area contributed by atoms with Gasteiger partial charge in [0, 0.05) is 43.7 Å². The van der Waals surface area contributed by atoms with E-state index in [1.54, 1.807) is 12.1 Å². The van der Waals surface area contributed by atoms with E-state index in [1.165, 1.54) is 13.3 Å². The summed E-state index contributed by atoms with van der Waals surface area (Å²) in [5, 5.41) is 11.0. The van der Waals surface area contributed by atoms with Gasteiger partial charge < -0.3 is 20.1 Å². The zero-order valence-corrected chi connectivity index (χ0v) is 13.3. The zero-order valence-electron chi connectivity index (χ0n) is 13.3. The molecule has 0 aromatic carbocycles. The maximum atomic E-state index is 14.2. The highest BCUT2D eigenvalue weighted by Gasteiger charge is 2.27. The van der Waals surface area contributed by atoms with Crippen molar-refractivity contribution in [3.05, 3.63) is 29.7 Å². The number of ether oxygens (including phenoxy) is 1. The molecule has 24 heavy (non-hydrogen) atoms. The molecule has 2 N–H and O–H groups in total. The topological polar surface area (TPSA) is 87.6 Å². The number of carboxylic acid groups (broad SMARTS) is 1. The summed E-state index contributed by atoms with van der Waals surface area (Å²) in [6, 6.07) is 3.47. The van der Waals surface area contributed by atoms with Crippen LogP contribution in [0.4, 0.5) is 9.18 Å². The average Bonchev–Trinajstić information content (AvgIpc) is 2.53. The van der Waals surface area contributed by atoms with E-state index in [9.17, 15) is 9.18 Å². The van der Waals surface area contributed by atoms with Crippen LogP contribution in [0.25, 0.3) is 11.0 Å². The Labute approximate surface area is 138 Å². The minimum Gasteiger partial charge on any atom is -0.481 e. The highest BCUT2D eigenvalue weighted by molar-refractivity contribution is 5.78. The van der Waals surface area contributed by atoms with Crippen LogP contribution in [-0.2, 0) is 6.42 Å². The third-order valence-electron chi connectivity index (χ3n) is 4.20. The van der Waals surface area contributed by atoms with Gasteiger partial charge in [-0.3, -0.25) is 4.98 Å². The van der Waals surface area contributed by atoms with Crippen molar-refractivity contribution in [1.29, 1.82) is 0 Å². The quantitative estimate of drug-likeness (QED) is 0.833. The van der Waals surface area contributed by atoms with E-state index < -0.39 is 6.09 Å². The van der Waals surface area contributed by atoms with Crippen molar-refractivity contribution in [2.45, 2.75) is 6.42 Å². The van der Waals surface area contributed by atoms with Crippen molar-refractivity contribution < 1.29 is 19.0 Å². The Morgan fingerprint density at radius 1 is 1.50 bits per heavy atom. The van der Waals surface area contributed by atoms with Crippen molar-refractivity contribution in [3.8, 4) is 5.88 Å². The fraction of sp³-hybridized carbons (Fsp3) is 0.438. The van der Waals surface area contributed by atoms with Gasteiger partial charge in [0.15, 0.2) is 0 Å². The zero-order chi connectivity index (χ0) is 17.1. The molecule has 8 heteroatoms. The smallest absolute Gasteiger partial charge is 0.404 e. The Kier molecular flexibility index (Phi) is 4.75. The van der Waals surface area contributed by atoms with Crippen LogP contribution in [0.5, 0.6) is 5.88 Å². The molecule has 1 aliphatic rings. The number of fused-ring (bicyclic) bond motifs is 1. The van der Waals surface area contributed by atoms with Crippen LogP contribution in [0.3, 0.4) is 0 Å². The van der Waals surface area contributed by atoms with Crippen molar-refractivity contribution in [2.75, 3.05) is 33.3 Å². The summed E-state index contributed by atoms with van der Waals surface area (Å²) in [6.07, 6.45) is 0.741. The van der Waals surface area contributed by atoms with Crippen LogP contribution in [0.1, 0.15) is 5.56 Å². The molecule has 0 radical (unpaired) electrons. The van der Waals surface area contributed by atoms with E-state index in [2.05, 4.69) is 20.2 Å². The number of hydrogen-bond acceptors (Lipinski definition) is 5. The van der Waals surface area contributed by atoms with Crippen molar-refractivity contribution in [1.82, 2.24) is 20.2 Å². The third kappa shape index (κ3) is 3.53. The number of nitrogens with zero attached hydrogens (tertiary/aromatic N) is 3. The number of halogens is 1. The molecule has 0 saturated carbocycles. The standard InChI is InChI=1S/C16H19FN4O3/c1-24-14-3-2-13-15(20-14)11(12(17)7-18-13)4-5-21-8-10(9-21)6-19-16(22)23/h2-3,7,10,19H,4-6,8-9H2,1H3,(H,22,23). The summed E-state index contributed by atoms with van der Waals surface area (Å²) in [5.74, 6) is 0.381. The number of nitrogens with one attached hydrogen (secondary N) is 1. The first-order valence-electron chi connectivity index (χ1n) is 7.74. The number of carbonyl (C=O) groups is 1. The first-order valence-corrected chi connectivity index (χ1v) is 7.74. The fourth-order valence-corrected chi connectivity index (χ4v) is 2.92. The Balaban J connectivity index is 1.63. The summed E-state index contributed by atoms with van der Waals surface area (Å²) in [4.78, 5) is 21.0. The van der Waals surface area contributed by atoms with E-state index >= 15 is 0 Å². The van der Waals surface area contributed by atoms with Crippen LogP contribution in [0.2, 0.25) is 0 Å². The van der Waals surface area contributed by atoms with Crippen LogP contribution >= 0.6 is 0 Å². The van der Waals surface area contributed by atoms with Crippen LogP contribution in [0, 0.1) is 11.7 Å². The molecule has 0 spiro atoms. The second kappa shape index (κ2) is 6.96. The molecule has 2 aromatic heterocycles. The Morgan fingerprint density at radius 3 is 3.00 bits per heavy atom. The number of amides is 1. The van der Waals surface area contributed by atoms with Gasteiger partial charge >= 0.3 is 6.09 Å². The molecular weight excluding hydrogens is 315 g/mol. The summed E-state index contributed by atoms with van der Waals surface area (Å²) in [7, 11) is 1.52. The van der Waals surface area contributed by atoms with Crippen molar-refractivity contribution >= 4 is 17.1 Å². The predicted molar refractivity (Wildman–Crippen MR) is 85.7 cm³/mol. The first-order chi connectivity index (χ1) is 11.6. The molecule has 0 bridgehead atoms. The Morgan fingerprint density at radius 2 is 2.29 bits per heavy atom. The molecule has 2 aromatic rings. The monoisotopic (exact) mass is 334 g/mol. The van der Waals surface area contributed by atoms with E-state index in [0.717, 1.165) is 13.1 Å². The van der Waals surface area contributed by atoms with Crippen molar-refractivity contribution in [2.24, 2.45) is 5.92 Å². The van der Waals surface area contributed by atoms with Gasteiger partial charge in [-0.05, 0) is 12.5 Å². The minimum atomic E-state index is -1.00. The lowest BCUT2D eigenvalue weighted by molar-refractivity contribution is 0.0996. The lowest BCUT2D eigenvalue weighted by Gasteiger charge is -2.39. The van der Waals surface area contributed by atoms with Crippen LogP contribution in [-0.4, -0.2) is 59.4 Å². The van der Waals surface area contributed by atoms with Crippen molar-refractivity contribution in [3.63, 3.8) is 0 Å². The molecule has 1 fully saturated rings. The number of methoxy groups -OCH3 is 1. The van der Waals surface area contributed by atoms with Gasteiger partial charge in [0.05, 0.1) is 24.3 Å². The molecular formula is C16H19FN4O3. The minimum absolute atomic E-state index is 0.318. The fourth-order valence-electron chi connectivity index (χ4n) is 2.92. The molecule has 1 saturated heterocycles. The van der Waals surface area contributed by atoms with Crippen LogP contribution in [0.15, 0.2) is 18.3 Å². The number of hydrogen-bond donors (Lipinski definition) is 2. The molecule has 3 rings (SSSR count). The van der Waals surface area contributed by atoms with Gasteiger partial charge in [-0.25, -0.2) is 14.2 Å². The number of pyridine rings is 2. The third-order valence-corrected chi connectivity index (χ3v) is 4.20. The number of likely N-dealkylation sites (tertiary alicyclic amines) is 1. The number of rotatable bonds is 6. The van der Waals surface area contributed by atoms with Gasteiger partial charge in [0.1, 0.15) is 5.82 Å². The maximum absolute atomic E-state index is 14.2. The molecule has 0 atom stereocenters. The molecule has 7 nitrogen and oxygen atoms in total. The molecule has 1 aliphatic heterocycles. The molecule has 0 unspecified atom stereocenters. The summed E-state index contributed by atoms with van der Waals surface area (Å²) >= 11 is 0. The predicted octanol–water partition coefficient (Wildman–Crippen LogP) is 1.52. The molecule has 128 valence electrons. The normalized spacial score (nSPS) is 15.2. The Bertz CT molecular complexity index is 749. The lowest BCUT2D eigenvalue weighted by atomic mass is 9.99. The summed E-state index contributed by atoms with van der Waals surface area (Å²) in [5.41, 5.74) is 1.70. The van der Waals surface area contributed by atoms with E-state index in [-0.39, 0.29) is 5.82 Å². The molecule has 1 amide bonds. The highest BCUT2D eigenvalue weighted by Crippen LogP contribution is 2.23. The van der Waals surface area contributed by atoms with Gasteiger partial charge in [0.25, 0.3) is 0 Å². The van der Waals surface area contributed by atoms with Crippen LogP contribution < -0.4 is 10.1 Å². The van der Waals surface area contributed by atoms with Gasteiger partial charge in [-0.2, -0.15) is 0 Å².